The molecule has 2 rings (SSSR count). The summed E-state index contributed by atoms with van der Waals surface area (Å²) < 4.78 is 27.7. The van der Waals surface area contributed by atoms with Crippen LogP contribution >= 0.6 is 15.9 Å². The van der Waals surface area contributed by atoms with Crippen molar-refractivity contribution in [3.05, 3.63) is 40.4 Å². The number of halogens is 1. The number of aryl methyl sites for hydroxylation is 1. The van der Waals surface area contributed by atoms with Crippen LogP contribution in [0.4, 0.5) is 17.3 Å². The van der Waals surface area contributed by atoms with Gasteiger partial charge in [-0.05, 0) is 42.8 Å². The van der Waals surface area contributed by atoms with Crippen molar-refractivity contribution in [2.45, 2.75) is 6.92 Å². The minimum absolute atomic E-state index is 0.159. The third-order valence-corrected chi connectivity index (χ3v) is 5.13. The summed E-state index contributed by atoms with van der Waals surface area (Å²) in [7, 11) is -0.714. The van der Waals surface area contributed by atoms with E-state index in [2.05, 4.69) is 36.2 Å². The topological polar surface area (TPSA) is 87.2 Å². The molecule has 0 radical (unpaired) electrons. The van der Waals surface area contributed by atoms with E-state index in [9.17, 15) is 8.42 Å². The number of aromatic nitrogens is 2. The zero-order valence-electron chi connectivity index (χ0n) is 12.3. The van der Waals surface area contributed by atoms with Crippen molar-refractivity contribution in [1.82, 2.24) is 14.5 Å². The van der Waals surface area contributed by atoms with Crippen LogP contribution in [0.2, 0.25) is 0 Å². The first-order valence-electron chi connectivity index (χ1n) is 6.35. The number of hydrogen-bond donors (Lipinski definition) is 2. The molecule has 0 amide bonds. The summed E-state index contributed by atoms with van der Waals surface area (Å²) in [6, 6.07) is 9.00. The molecule has 0 saturated carbocycles. The molecule has 0 aliphatic heterocycles. The van der Waals surface area contributed by atoms with E-state index >= 15 is 0 Å². The third kappa shape index (κ3) is 4.15. The highest BCUT2D eigenvalue weighted by atomic mass is 79.9. The molecule has 0 unspecified atom stereocenters. The van der Waals surface area contributed by atoms with Crippen LogP contribution in [0, 0.1) is 6.92 Å². The van der Waals surface area contributed by atoms with Crippen LogP contribution in [0.15, 0.2) is 34.8 Å². The Balaban J connectivity index is 2.10. The van der Waals surface area contributed by atoms with Gasteiger partial charge in [-0.2, -0.15) is 12.7 Å². The fourth-order valence-corrected chi connectivity index (χ4v) is 2.35. The maximum Gasteiger partial charge on any atom is 0.302 e. The Morgan fingerprint density at radius 3 is 2.27 bits per heavy atom. The maximum atomic E-state index is 11.7. The van der Waals surface area contributed by atoms with Crippen molar-refractivity contribution in [1.29, 1.82) is 0 Å². The summed E-state index contributed by atoms with van der Waals surface area (Å²) in [5.74, 6) is 0.681. The number of nitrogens with zero attached hydrogens (tertiary/aromatic N) is 3. The van der Waals surface area contributed by atoms with E-state index in [1.807, 2.05) is 25.1 Å². The minimum Gasteiger partial charge on any atom is -0.339 e. The first kappa shape index (κ1) is 16.7. The molecule has 0 aliphatic rings. The Morgan fingerprint density at radius 1 is 1.09 bits per heavy atom. The third-order valence-electron chi connectivity index (χ3n) is 2.81. The van der Waals surface area contributed by atoms with Gasteiger partial charge in [-0.1, -0.05) is 15.9 Å². The molecule has 1 aromatic heterocycles. The van der Waals surface area contributed by atoms with Crippen LogP contribution in [-0.4, -0.2) is 37.0 Å². The molecule has 22 heavy (non-hydrogen) atoms. The average molecular weight is 386 g/mol. The molecular weight excluding hydrogens is 370 g/mol. The molecule has 9 heteroatoms. The van der Waals surface area contributed by atoms with Gasteiger partial charge in [0.15, 0.2) is 11.6 Å². The zero-order valence-corrected chi connectivity index (χ0v) is 14.7. The van der Waals surface area contributed by atoms with Crippen LogP contribution in [0.1, 0.15) is 5.56 Å². The second-order valence-electron chi connectivity index (χ2n) is 4.78. The van der Waals surface area contributed by atoms with Gasteiger partial charge in [0.05, 0.1) is 0 Å². The van der Waals surface area contributed by atoms with Crippen LogP contribution < -0.4 is 10.0 Å². The summed E-state index contributed by atoms with van der Waals surface area (Å²) in [5, 5.41) is 10.9. The largest absolute Gasteiger partial charge is 0.339 e. The molecule has 1 aromatic carbocycles. The van der Waals surface area contributed by atoms with Crippen LogP contribution in [0.5, 0.6) is 0 Å². The normalized spacial score (nSPS) is 11.5. The molecule has 0 fully saturated rings. The van der Waals surface area contributed by atoms with Gasteiger partial charge < -0.3 is 5.32 Å². The van der Waals surface area contributed by atoms with Crippen molar-refractivity contribution in [2.75, 3.05) is 24.1 Å². The molecule has 7 nitrogen and oxygen atoms in total. The highest BCUT2D eigenvalue weighted by molar-refractivity contribution is 9.10. The molecule has 0 atom stereocenters. The zero-order chi connectivity index (χ0) is 16.3. The first-order valence-corrected chi connectivity index (χ1v) is 8.58. The van der Waals surface area contributed by atoms with Crippen molar-refractivity contribution in [3.63, 3.8) is 0 Å². The van der Waals surface area contributed by atoms with Gasteiger partial charge in [-0.3, -0.25) is 4.72 Å². The van der Waals surface area contributed by atoms with Gasteiger partial charge in [0.2, 0.25) is 0 Å². The van der Waals surface area contributed by atoms with E-state index in [1.165, 1.54) is 14.1 Å². The smallest absolute Gasteiger partial charge is 0.302 e. The summed E-state index contributed by atoms with van der Waals surface area (Å²) in [5.41, 5.74) is 1.96. The SMILES string of the molecule is Cc1cc(Nc2ccc(NS(=O)(=O)N(C)C)nn2)ccc1Br. The lowest BCUT2D eigenvalue weighted by Gasteiger charge is -2.12. The first-order chi connectivity index (χ1) is 10.3. The lowest BCUT2D eigenvalue weighted by Crippen LogP contribution is -2.29. The highest BCUT2D eigenvalue weighted by Gasteiger charge is 2.13. The molecule has 0 saturated heterocycles. The average Bonchev–Trinajstić information content (AvgIpc) is 2.44. The van der Waals surface area contributed by atoms with E-state index < -0.39 is 10.2 Å². The summed E-state index contributed by atoms with van der Waals surface area (Å²) >= 11 is 3.44. The predicted octanol–water partition coefficient (Wildman–Crippen LogP) is 2.51. The number of nitrogens with one attached hydrogen (secondary N) is 2. The fraction of sp³-hybridized carbons (Fsp3) is 0.231. The Kier molecular flexibility index (Phi) is 4.99. The number of hydrogen-bond acceptors (Lipinski definition) is 5. The van der Waals surface area contributed by atoms with Crippen molar-refractivity contribution >= 4 is 43.5 Å². The van der Waals surface area contributed by atoms with Gasteiger partial charge in [0.25, 0.3) is 0 Å². The molecule has 0 spiro atoms. The molecule has 118 valence electrons. The number of rotatable bonds is 5. The molecule has 2 aromatic rings. The van der Waals surface area contributed by atoms with Gasteiger partial charge in [-0.15, -0.1) is 10.2 Å². The number of anilines is 3. The molecular formula is C13H16BrN5O2S. The molecule has 0 bridgehead atoms. The monoisotopic (exact) mass is 385 g/mol. The molecule has 1 heterocycles. The minimum atomic E-state index is -3.58. The summed E-state index contributed by atoms with van der Waals surface area (Å²) in [4.78, 5) is 0. The quantitative estimate of drug-likeness (QED) is 0.825. The maximum absolute atomic E-state index is 11.7. The Labute approximate surface area is 138 Å². The van der Waals surface area contributed by atoms with E-state index in [0.29, 0.717) is 5.82 Å². The van der Waals surface area contributed by atoms with Gasteiger partial charge >= 0.3 is 10.2 Å². The lowest BCUT2D eigenvalue weighted by atomic mass is 10.2. The lowest BCUT2D eigenvalue weighted by molar-refractivity contribution is 0.526. The standard InChI is InChI=1S/C13H16BrN5O2S/c1-9-8-10(4-5-11(9)14)15-12-6-7-13(17-16-12)18-22(20,21)19(2)3/h4-8H,1-3H3,(H,15,16)(H,17,18). The molecule has 0 aliphatic carbocycles. The fourth-order valence-electron chi connectivity index (χ4n) is 1.55. The number of benzene rings is 1. The second-order valence-corrected chi connectivity index (χ2v) is 7.52. The Hall–Kier alpha value is -1.71. The van der Waals surface area contributed by atoms with E-state index in [0.717, 1.165) is 20.0 Å². The van der Waals surface area contributed by atoms with E-state index in [4.69, 9.17) is 0 Å². The van der Waals surface area contributed by atoms with Crippen LogP contribution in [-0.2, 0) is 10.2 Å². The van der Waals surface area contributed by atoms with Gasteiger partial charge in [0.1, 0.15) is 0 Å². The molecule has 2 N–H and O–H groups in total. The Bertz CT molecular complexity index is 762. The predicted molar refractivity (Wildman–Crippen MR) is 90.4 cm³/mol. The summed E-state index contributed by atoms with van der Waals surface area (Å²) in [6.45, 7) is 1.99. The van der Waals surface area contributed by atoms with Crippen molar-refractivity contribution in [3.8, 4) is 0 Å². The van der Waals surface area contributed by atoms with Gasteiger partial charge in [-0.25, -0.2) is 0 Å². The van der Waals surface area contributed by atoms with Crippen molar-refractivity contribution < 1.29 is 8.42 Å². The van der Waals surface area contributed by atoms with Gasteiger partial charge in [0, 0.05) is 24.3 Å². The summed E-state index contributed by atoms with van der Waals surface area (Å²) in [6.07, 6.45) is 0. The highest BCUT2D eigenvalue weighted by Crippen LogP contribution is 2.22. The van der Waals surface area contributed by atoms with Crippen LogP contribution in [0.3, 0.4) is 0 Å². The van der Waals surface area contributed by atoms with Crippen LogP contribution in [0.25, 0.3) is 0 Å². The van der Waals surface area contributed by atoms with Crippen molar-refractivity contribution in [2.24, 2.45) is 0 Å². The van der Waals surface area contributed by atoms with E-state index in [-0.39, 0.29) is 5.82 Å². The second kappa shape index (κ2) is 6.59. The Morgan fingerprint density at radius 2 is 1.73 bits per heavy atom. The van der Waals surface area contributed by atoms with E-state index in [1.54, 1.807) is 12.1 Å².